The molecule has 2 N–H and O–H groups in total. The van der Waals surface area contributed by atoms with E-state index in [2.05, 4.69) is 6.92 Å². The number of ether oxygens (including phenoxy) is 3. The molecular weight excluding hydrogens is 237 g/mol. The molecular formula is C13H20FNO3. The Morgan fingerprint density at radius 3 is 2.61 bits per heavy atom. The minimum absolute atomic E-state index is 0.117. The Balaban J connectivity index is 2.42. The molecule has 1 rings (SSSR count). The zero-order valence-corrected chi connectivity index (χ0v) is 10.9. The largest absolute Gasteiger partial charge is 0.494 e. The smallest absolute Gasteiger partial charge is 0.167 e. The number of methoxy groups -OCH3 is 1. The molecule has 0 unspecified atom stereocenters. The minimum atomic E-state index is -0.499. The summed E-state index contributed by atoms with van der Waals surface area (Å²) in [6.45, 7) is 3.69. The lowest BCUT2D eigenvalue weighted by atomic mass is 10.2. The standard InChI is InChI=1S/C13H20FNO3/c1-3-4-5-17-6-7-18-13-9-12(16-2)10(14)8-11(13)15/h8-9H,3-7,15H2,1-2H3. The molecule has 0 aliphatic heterocycles. The van der Waals surface area contributed by atoms with Crippen LogP contribution in [-0.4, -0.2) is 26.9 Å². The molecule has 0 saturated heterocycles. The van der Waals surface area contributed by atoms with Gasteiger partial charge in [0, 0.05) is 18.7 Å². The Kier molecular flexibility index (Phi) is 6.28. The third kappa shape index (κ3) is 4.41. The average molecular weight is 257 g/mol. The summed E-state index contributed by atoms with van der Waals surface area (Å²) < 4.78 is 28.9. The van der Waals surface area contributed by atoms with Crippen LogP contribution in [0, 0.1) is 5.82 Å². The van der Waals surface area contributed by atoms with Crippen LogP contribution in [0.25, 0.3) is 0 Å². The Hall–Kier alpha value is -1.49. The normalized spacial score (nSPS) is 10.4. The predicted octanol–water partition coefficient (Wildman–Crippen LogP) is 2.61. The van der Waals surface area contributed by atoms with Gasteiger partial charge in [0.1, 0.15) is 12.4 Å². The fraction of sp³-hybridized carbons (Fsp3) is 0.538. The van der Waals surface area contributed by atoms with E-state index in [1.807, 2.05) is 0 Å². The molecule has 1 aromatic rings. The van der Waals surface area contributed by atoms with Gasteiger partial charge in [0.15, 0.2) is 11.6 Å². The van der Waals surface area contributed by atoms with Crippen molar-refractivity contribution in [1.29, 1.82) is 0 Å². The summed E-state index contributed by atoms with van der Waals surface area (Å²) >= 11 is 0. The van der Waals surface area contributed by atoms with Crippen LogP contribution in [-0.2, 0) is 4.74 Å². The molecule has 0 aliphatic carbocycles. The number of hydrogen-bond donors (Lipinski definition) is 1. The van der Waals surface area contributed by atoms with Crippen molar-refractivity contribution in [3.05, 3.63) is 17.9 Å². The monoisotopic (exact) mass is 257 g/mol. The van der Waals surface area contributed by atoms with E-state index in [1.54, 1.807) is 0 Å². The summed E-state index contributed by atoms with van der Waals surface area (Å²) in [6.07, 6.45) is 2.13. The second-order valence-electron chi connectivity index (χ2n) is 3.84. The maximum atomic E-state index is 13.3. The molecule has 0 radical (unpaired) electrons. The van der Waals surface area contributed by atoms with E-state index in [1.165, 1.54) is 19.2 Å². The topological polar surface area (TPSA) is 53.7 Å². The number of hydrogen-bond acceptors (Lipinski definition) is 4. The van der Waals surface area contributed by atoms with Gasteiger partial charge in [0.05, 0.1) is 19.4 Å². The van der Waals surface area contributed by atoms with Crippen LogP contribution in [0.1, 0.15) is 19.8 Å². The number of nitrogen functional groups attached to an aromatic ring is 1. The molecule has 0 heterocycles. The lowest BCUT2D eigenvalue weighted by molar-refractivity contribution is 0.0982. The highest BCUT2D eigenvalue weighted by molar-refractivity contribution is 5.56. The Morgan fingerprint density at radius 1 is 1.17 bits per heavy atom. The summed E-state index contributed by atoms with van der Waals surface area (Å²) in [6, 6.07) is 2.63. The lowest BCUT2D eigenvalue weighted by Gasteiger charge is -2.11. The summed E-state index contributed by atoms with van der Waals surface area (Å²) in [4.78, 5) is 0. The van der Waals surface area contributed by atoms with Crippen LogP contribution in [0.15, 0.2) is 12.1 Å². The summed E-state index contributed by atoms with van der Waals surface area (Å²) in [7, 11) is 1.40. The lowest BCUT2D eigenvalue weighted by Crippen LogP contribution is -2.09. The van der Waals surface area contributed by atoms with Gasteiger partial charge in [0.25, 0.3) is 0 Å². The second-order valence-corrected chi connectivity index (χ2v) is 3.84. The van der Waals surface area contributed by atoms with E-state index < -0.39 is 5.82 Å². The van der Waals surface area contributed by atoms with Gasteiger partial charge >= 0.3 is 0 Å². The molecule has 102 valence electrons. The molecule has 18 heavy (non-hydrogen) atoms. The second kappa shape index (κ2) is 7.76. The predicted molar refractivity (Wildman–Crippen MR) is 68.6 cm³/mol. The van der Waals surface area contributed by atoms with E-state index in [-0.39, 0.29) is 11.4 Å². The van der Waals surface area contributed by atoms with Gasteiger partial charge in [-0.15, -0.1) is 0 Å². The number of benzene rings is 1. The van der Waals surface area contributed by atoms with Gasteiger partial charge in [-0.05, 0) is 6.42 Å². The first-order chi connectivity index (χ1) is 8.69. The zero-order chi connectivity index (χ0) is 13.4. The van der Waals surface area contributed by atoms with Crippen LogP contribution < -0.4 is 15.2 Å². The van der Waals surface area contributed by atoms with Gasteiger partial charge in [-0.1, -0.05) is 13.3 Å². The first kappa shape index (κ1) is 14.6. The minimum Gasteiger partial charge on any atom is -0.494 e. The molecule has 5 heteroatoms. The van der Waals surface area contributed by atoms with Crippen molar-refractivity contribution in [2.24, 2.45) is 0 Å². The Morgan fingerprint density at radius 2 is 1.94 bits per heavy atom. The average Bonchev–Trinajstić information content (AvgIpc) is 2.36. The first-order valence-corrected chi connectivity index (χ1v) is 6.02. The fourth-order valence-electron chi connectivity index (χ4n) is 1.39. The molecule has 0 aromatic heterocycles. The molecule has 0 saturated carbocycles. The third-order valence-electron chi connectivity index (χ3n) is 2.41. The number of unbranched alkanes of at least 4 members (excludes halogenated alkanes) is 1. The van der Waals surface area contributed by atoms with Gasteiger partial charge in [-0.25, -0.2) is 4.39 Å². The quantitative estimate of drug-likeness (QED) is 0.574. The molecule has 4 nitrogen and oxygen atoms in total. The van der Waals surface area contributed by atoms with Gasteiger partial charge < -0.3 is 19.9 Å². The van der Waals surface area contributed by atoms with E-state index in [0.717, 1.165) is 19.4 Å². The van der Waals surface area contributed by atoms with Crippen molar-refractivity contribution in [2.75, 3.05) is 32.7 Å². The zero-order valence-electron chi connectivity index (χ0n) is 10.9. The van der Waals surface area contributed by atoms with Crippen molar-refractivity contribution < 1.29 is 18.6 Å². The maximum Gasteiger partial charge on any atom is 0.167 e. The number of rotatable bonds is 8. The van der Waals surface area contributed by atoms with Crippen molar-refractivity contribution in [3.8, 4) is 11.5 Å². The highest BCUT2D eigenvalue weighted by Gasteiger charge is 2.09. The Bertz CT molecular complexity index is 371. The van der Waals surface area contributed by atoms with E-state index in [9.17, 15) is 4.39 Å². The van der Waals surface area contributed by atoms with Crippen molar-refractivity contribution in [2.45, 2.75) is 19.8 Å². The third-order valence-corrected chi connectivity index (χ3v) is 2.41. The molecule has 0 spiro atoms. The van der Waals surface area contributed by atoms with Crippen LogP contribution in [0.4, 0.5) is 10.1 Å². The molecule has 0 fully saturated rings. The van der Waals surface area contributed by atoms with Crippen LogP contribution in [0.2, 0.25) is 0 Å². The number of halogens is 1. The number of anilines is 1. The summed E-state index contributed by atoms with van der Waals surface area (Å²) in [5.41, 5.74) is 5.90. The fourth-order valence-corrected chi connectivity index (χ4v) is 1.39. The summed E-state index contributed by atoms with van der Waals surface area (Å²) in [5, 5.41) is 0. The first-order valence-electron chi connectivity index (χ1n) is 6.02. The van der Waals surface area contributed by atoms with Crippen LogP contribution in [0.3, 0.4) is 0 Å². The summed E-state index contributed by atoms with van der Waals surface area (Å²) in [5.74, 6) is 0.0278. The van der Waals surface area contributed by atoms with E-state index in [4.69, 9.17) is 19.9 Å². The van der Waals surface area contributed by atoms with Crippen LogP contribution in [0.5, 0.6) is 11.5 Å². The molecule has 0 aliphatic rings. The highest BCUT2D eigenvalue weighted by Crippen LogP contribution is 2.29. The SMILES string of the molecule is CCCCOCCOc1cc(OC)c(F)cc1N. The van der Waals surface area contributed by atoms with Crippen molar-refractivity contribution in [1.82, 2.24) is 0 Å². The number of nitrogens with two attached hydrogens (primary N) is 1. The van der Waals surface area contributed by atoms with Crippen molar-refractivity contribution >= 4 is 5.69 Å². The molecule has 0 amide bonds. The van der Waals surface area contributed by atoms with Gasteiger partial charge in [0.2, 0.25) is 0 Å². The molecule has 1 aromatic carbocycles. The maximum absolute atomic E-state index is 13.3. The molecule has 0 atom stereocenters. The molecule has 0 bridgehead atoms. The highest BCUT2D eigenvalue weighted by atomic mass is 19.1. The van der Waals surface area contributed by atoms with E-state index >= 15 is 0 Å². The van der Waals surface area contributed by atoms with Crippen LogP contribution >= 0.6 is 0 Å². The van der Waals surface area contributed by atoms with Crippen molar-refractivity contribution in [3.63, 3.8) is 0 Å². The van der Waals surface area contributed by atoms with Gasteiger partial charge in [-0.3, -0.25) is 0 Å². The van der Waals surface area contributed by atoms with Gasteiger partial charge in [-0.2, -0.15) is 0 Å². The Labute approximate surface area is 107 Å². The van der Waals surface area contributed by atoms with E-state index in [0.29, 0.717) is 19.0 Å².